The average Bonchev–Trinajstić information content (AvgIpc) is 2.74. The molecule has 1 aromatic heterocycles. The molecule has 2 aromatic carbocycles. The van der Waals surface area contributed by atoms with E-state index in [0.717, 1.165) is 22.4 Å². The molecular weight excluding hydrogens is 264 g/mol. The van der Waals surface area contributed by atoms with E-state index >= 15 is 0 Å². The number of rotatable bonds is 1. The number of para-hydroxylation sites is 2. The van der Waals surface area contributed by atoms with Gasteiger partial charge in [-0.05, 0) is 12.1 Å². The van der Waals surface area contributed by atoms with E-state index in [9.17, 15) is 0 Å². The van der Waals surface area contributed by atoms with Crippen LogP contribution in [0.25, 0.3) is 22.4 Å². The standard InChI is InChI=1S/C13H10N2.BrH/c1-2-6-10(7-3-1)13-14-11-8-4-5-9-12(11)15-13;/h1-9H,(H,14,15);1H. The highest BCUT2D eigenvalue weighted by molar-refractivity contribution is 8.93. The van der Waals surface area contributed by atoms with Gasteiger partial charge in [0, 0.05) is 5.56 Å². The summed E-state index contributed by atoms with van der Waals surface area (Å²) in [6.45, 7) is 0. The SMILES string of the molecule is Br.c1ccc(-c2nc3ccccc3[nH]2)cc1. The third-order valence-corrected chi connectivity index (χ3v) is 2.44. The number of imidazole rings is 1. The van der Waals surface area contributed by atoms with E-state index < -0.39 is 0 Å². The molecule has 0 saturated carbocycles. The molecule has 0 bridgehead atoms. The van der Waals surface area contributed by atoms with Gasteiger partial charge in [-0.1, -0.05) is 42.5 Å². The lowest BCUT2D eigenvalue weighted by atomic mass is 10.2. The van der Waals surface area contributed by atoms with E-state index in [2.05, 4.69) is 22.1 Å². The van der Waals surface area contributed by atoms with Crippen LogP contribution in [0.3, 0.4) is 0 Å². The largest absolute Gasteiger partial charge is 0.338 e. The number of nitrogens with zero attached hydrogens (tertiary/aromatic N) is 1. The lowest BCUT2D eigenvalue weighted by Gasteiger charge is -1.93. The highest BCUT2D eigenvalue weighted by Gasteiger charge is 2.02. The third kappa shape index (κ3) is 1.86. The summed E-state index contributed by atoms with van der Waals surface area (Å²) in [7, 11) is 0. The Bertz CT molecular complexity index is 554. The molecule has 3 aromatic rings. The summed E-state index contributed by atoms with van der Waals surface area (Å²) < 4.78 is 0. The molecule has 0 aliphatic carbocycles. The van der Waals surface area contributed by atoms with Crippen molar-refractivity contribution < 1.29 is 0 Å². The van der Waals surface area contributed by atoms with Gasteiger partial charge in [0.25, 0.3) is 0 Å². The molecule has 0 aliphatic heterocycles. The lowest BCUT2D eigenvalue weighted by molar-refractivity contribution is 1.34. The normalized spacial score (nSPS) is 10.0. The summed E-state index contributed by atoms with van der Waals surface area (Å²) in [6.07, 6.45) is 0. The summed E-state index contributed by atoms with van der Waals surface area (Å²) in [5.74, 6) is 0.928. The van der Waals surface area contributed by atoms with Crippen LogP contribution in [0, 0.1) is 0 Å². The zero-order valence-electron chi connectivity index (χ0n) is 8.55. The fraction of sp³-hybridized carbons (Fsp3) is 0. The second-order valence-electron chi connectivity index (χ2n) is 3.47. The fourth-order valence-corrected chi connectivity index (χ4v) is 1.69. The summed E-state index contributed by atoms with van der Waals surface area (Å²) >= 11 is 0. The van der Waals surface area contributed by atoms with Crippen LogP contribution in [-0.2, 0) is 0 Å². The van der Waals surface area contributed by atoms with Crippen LogP contribution < -0.4 is 0 Å². The quantitative estimate of drug-likeness (QED) is 0.718. The van der Waals surface area contributed by atoms with E-state index in [1.807, 2.05) is 42.5 Å². The van der Waals surface area contributed by atoms with E-state index in [1.165, 1.54) is 0 Å². The first-order valence-electron chi connectivity index (χ1n) is 4.94. The van der Waals surface area contributed by atoms with Crippen LogP contribution in [0.4, 0.5) is 0 Å². The van der Waals surface area contributed by atoms with Gasteiger partial charge in [0.1, 0.15) is 5.82 Å². The van der Waals surface area contributed by atoms with Crippen molar-refractivity contribution in [1.82, 2.24) is 9.97 Å². The monoisotopic (exact) mass is 274 g/mol. The van der Waals surface area contributed by atoms with Crippen molar-refractivity contribution in [3.63, 3.8) is 0 Å². The van der Waals surface area contributed by atoms with Crippen molar-refractivity contribution in [2.24, 2.45) is 0 Å². The van der Waals surface area contributed by atoms with Crippen LogP contribution in [0.5, 0.6) is 0 Å². The number of hydrogen-bond acceptors (Lipinski definition) is 1. The molecule has 0 saturated heterocycles. The molecule has 0 fully saturated rings. The van der Waals surface area contributed by atoms with Gasteiger partial charge in [-0.15, -0.1) is 17.0 Å². The van der Waals surface area contributed by atoms with Crippen molar-refractivity contribution in [3.05, 3.63) is 54.6 Å². The van der Waals surface area contributed by atoms with Crippen molar-refractivity contribution in [2.45, 2.75) is 0 Å². The zero-order valence-corrected chi connectivity index (χ0v) is 10.3. The van der Waals surface area contributed by atoms with Gasteiger partial charge in [-0.25, -0.2) is 4.98 Å². The average molecular weight is 275 g/mol. The van der Waals surface area contributed by atoms with Crippen LogP contribution in [0.1, 0.15) is 0 Å². The van der Waals surface area contributed by atoms with Gasteiger partial charge >= 0.3 is 0 Å². The number of nitrogens with one attached hydrogen (secondary N) is 1. The maximum Gasteiger partial charge on any atom is 0.138 e. The molecule has 1 heterocycles. The minimum absolute atomic E-state index is 0. The predicted molar refractivity (Wildman–Crippen MR) is 71.9 cm³/mol. The summed E-state index contributed by atoms with van der Waals surface area (Å²) in [5.41, 5.74) is 3.21. The summed E-state index contributed by atoms with van der Waals surface area (Å²) in [5, 5.41) is 0. The van der Waals surface area contributed by atoms with E-state index in [4.69, 9.17) is 0 Å². The molecule has 3 heteroatoms. The molecule has 0 radical (unpaired) electrons. The first-order chi connectivity index (χ1) is 7.43. The molecule has 0 spiro atoms. The van der Waals surface area contributed by atoms with Crippen molar-refractivity contribution in [2.75, 3.05) is 0 Å². The van der Waals surface area contributed by atoms with Gasteiger partial charge in [0.2, 0.25) is 0 Å². The van der Waals surface area contributed by atoms with E-state index in [0.29, 0.717) is 0 Å². The van der Waals surface area contributed by atoms with Crippen LogP contribution in [0.2, 0.25) is 0 Å². The van der Waals surface area contributed by atoms with Gasteiger partial charge in [-0.2, -0.15) is 0 Å². The van der Waals surface area contributed by atoms with Gasteiger partial charge < -0.3 is 4.98 Å². The Morgan fingerprint density at radius 3 is 2.25 bits per heavy atom. The van der Waals surface area contributed by atoms with E-state index in [-0.39, 0.29) is 17.0 Å². The number of fused-ring (bicyclic) bond motifs is 1. The van der Waals surface area contributed by atoms with Gasteiger partial charge in [0.05, 0.1) is 11.0 Å². The number of aromatic amines is 1. The molecule has 16 heavy (non-hydrogen) atoms. The number of H-pyrrole nitrogens is 1. The Hall–Kier alpha value is -1.61. The van der Waals surface area contributed by atoms with Crippen LogP contribution in [0.15, 0.2) is 54.6 Å². The highest BCUT2D eigenvalue weighted by atomic mass is 79.9. The smallest absolute Gasteiger partial charge is 0.138 e. The Balaban J connectivity index is 0.000000963. The molecular formula is C13H11BrN2. The number of aromatic nitrogens is 2. The predicted octanol–water partition coefficient (Wildman–Crippen LogP) is 3.81. The maximum atomic E-state index is 4.53. The van der Waals surface area contributed by atoms with Crippen LogP contribution in [-0.4, -0.2) is 9.97 Å². The van der Waals surface area contributed by atoms with E-state index in [1.54, 1.807) is 0 Å². The third-order valence-electron chi connectivity index (χ3n) is 2.44. The van der Waals surface area contributed by atoms with Crippen molar-refractivity contribution >= 4 is 28.0 Å². The maximum absolute atomic E-state index is 4.53. The molecule has 0 amide bonds. The number of benzene rings is 2. The highest BCUT2D eigenvalue weighted by Crippen LogP contribution is 2.19. The lowest BCUT2D eigenvalue weighted by Crippen LogP contribution is -1.77. The minimum atomic E-state index is 0. The first kappa shape index (κ1) is 10.9. The molecule has 3 rings (SSSR count). The second-order valence-corrected chi connectivity index (χ2v) is 3.47. The topological polar surface area (TPSA) is 28.7 Å². The molecule has 0 aliphatic rings. The van der Waals surface area contributed by atoms with Crippen LogP contribution >= 0.6 is 17.0 Å². The first-order valence-corrected chi connectivity index (χ1v) is 4.94. The Labute approximate surface area is 104 Å². The van der Waals surface area contributed by atoms with Gasteiger partial charge in [-0.3, -0.25) is 0 Å². The molecule has 0 unspecified atom stereocenters. The van der Waals surface area contributed by atoms with Crippen molar-refractivity contribution in [3.8, 4) is 11.4 Å². The number of hydrogen-bond donors (Lipinski definition) is 1. The molecule has 1 N–H and O–H groups in total. The minimum Gasteiger partial charge on any atom is -0.338 e. The molecule has 80 valence electrons. The Kier molecular flexibility index (Phi) is 3.06. The summed E-state index contributed by atoms with van der Waals surface area (Å²) in [6, 6.07) is 18.2. The number of halogens is 1. The summed E-state index contributed by atoms with van der Waals surface area (Å²) in [4.78, 5) is 7.83. The molecule has 2 nitrogen and oxygen atoms in total. The fourth-order valence-electron chi connectivity index (χ4n) is 1.69. The second kappa shape index (κ2) is 4.49. The van der Waals surface area contributed by atoms with Crippen molar-refractivity contribution in [1.29, 1.82) is 0 Å². The Morgan fingerprint density at radius 1 is 0.812 bits per heavy atom. The Morgan fingerprint density at radius 2 is 1.50 bits per heavy atom. The zero-order chi connectivity index (χ0) is 10.1. The van der Waals surface area contributed by atoms with Gasteiger partial charge in [0.15, 0.2) is 0 Å². The molecule has 0 atom stereocenters.